The maximum atomic E-state index is 11.5. The third kappa shape index (κ3) is 7.48. The largest absolute Gasteiger partial charge is 0.355 e. The van der Waals surface area contributed by atoms with Crippen molar-refractivity contribution < 1.29 is 9.59 Å². The number of carbonyl (C=O) groups excluding carboxylic acids is 2. The normalized spacial score (nSPS) is 12.3. The topological polar surface area (TPSA) is 84.2 Å². The summed E-state index contributed by atoms with van der Waals surface area (Å²) in [4.78, 5) is 22.0. The summed E-state index contributed by atoms with van der Waals surface area (Å²) >= 11 is 0. The summed E-state index contributed by atoms with van der Waals surface area (Å²) in [7, 11) is 0. The van der Waals surface area contributed by atoms with E-state index in [2.05, 4.69) is 10.6 Å². The molecule has 0 unspecified atom stereocenters. The van der Waals surface area contributed by atoms with E-state index in [0.29, 0.717) is 13.1 Å². The van der Waals surface area contributed by atoms with Crippen molar-refractivity contribution in [1.29, 1.82) is 0 Å². The van der Waals surface area contributed by atoms with Crippen molar-refractivity contribution in [3.8, 4) is 0 Å². The molecule has 0 radical (unpaired) electrons. The smallest absolute Gasteiger partial charge is 0.237 e. The number of hydrogen-bond donors (Lipinski definition) is 3. The van der Waals surface area contributed by atoms with Crippen LogP contribution in [0.15, 0.2) is 0 Å². The molecule has 0 aliphatic rings. The molecule has 0 bridgehead atoms. The van der Waals surface area contributed by atoms with Crippen LogP contribution in [0.25, 0.3) is 0 Å². The first kappa shape index (κ1) is 17.6. The summed E-state index contributed by atoms with van der Waals surface area (Å²) in [5, 5.41) is 5.25. The van der Waals surface area contributed by atoms with E-state index in [1.54, 1.807) is 0 Å². The Morgan fingerprint density at radius 3 is 2.00 bits per heavy atom. The van der Waals surface area contributed by atoms with E-state index in [-0.39, 0.29) is 29.6 Å². The Morgan fingerprint density at radius 2 is 1.62 bits per heavy atom. The molecule has 6 heteroatoms. The van der Waals surface area contributed by atoms with Gasteiger partial charge in [-0.25, -0.2) is 0 Å². The van der Waals surface area contributed by atoms with E-state index in [1.807, 2.05) is 20.8 Å². The first-order valence-electron chi connectivity index (χ1n) is 5.03. The van der Waals surface area contributed by atoms with Crippen molar-refractivity contribution in [2.24, 2.45) is 11.1 Å². The molecule has 0 aromatic heterocycles. The highest BCUT2D eigenvalue weighted by Crippen LogP contribution is 2.16. The molecule has 1 atom stereocenters. The molecule has 0 saturated carbocycles. The number of rotatable bonds is 4. The average molecular weight is 252 g/mol. The summed E-state index contributed by atoms with van der Waals surface area (Å²) in [6, 6.07) is -0.533. The predicted molar refractivity (Wildman–Crippen MR) is 66.4 cm³/mol. The first-order chi connectivity index (χ1) is 6.75. The van der Waals surface area contributed by atoms with Crippen LogP contribution in [0.1, 0.15) is 27.7 Å². The molecule has 0 aromatic carbocycles. The molecule has 0 aromatic rings. The molecule has 0 saturated heterocycles. The number of nitrogens with two attached hydrogens (primary N) is 1. The number of carbonyl (C=O) groups is 2. The molecule has 4 N–H and O–H groups in total. The highest BCUT2D eigenvalue weighted by atomic mass is 35.5. The minimum Gasteiger partial charge on any atom is -0.355 e. The van der Waals surface area contributed by atoms with Gasteiger partial charge in [-0.1, -0.05) is 20.8 Å². The molecule has 0 spiro atoms. The Morgan fingerprint density at radius 1 is 1.19 bits per heavy atom. The van der Waals surface area contributed by atoms with Gasteiger partial charge in [0.2, 0.25) is 11.8 Å². The van der Waals surface area contributed by atoms with Crippen LogP contribution in [0, 0.1) is 5.41 Å². The van der Waals surface area contributed by atoms with Gasteiger partial charge in [0.15, 0.2) is 0 Å². The van der Waals surface area contributed by atoms with Crippen LogP contribution < -0.4 is 16.4 Å². The lowest BCUT2D eigenvalue weighted by atomic mass is 9.87. The lowest BCUT2D eigenvalue weighted by Gasteiger charge is -2.25. The Labute approximate surface area is 103 Å². The first-order valence-corrected chi connectivity index (χ1v) is 5.03. The van der Waals surface area contributed by atoms with Gasteiger partial charge in [0.25, 0.3) is 0 Å². The monoisotopic (exact) mass is 251 g/mol. The molecule has 16 heavy (non-hydrogen) atoms. The van der Waals surface area contributed by atoms with E-state index in [0.717, 1.165) is 0 Å². The Hall–Kier alpha value is -0.810. The van der Waals surface area contributed by atoms with Gasteiger partial charge in [-0.2, -0.15) is 0 Å². The molecule has 0 fully saturated rings. The van der Waals surface area contributed by atoms with Gasteiger partial charge < -0.3 is 16.4 Å². The minimum absolute atomic E-state index is 0. The van der Waals surface area contributed by atoms with E-state index in [1.165, 1.54) is 6.92 Å². The maximum Gasteiger partial charge on any atom is 0.237 e. The summed E-state index contributed by atoms with van der Waals surface area (Å²) in [5.41, 5.74) is 5.49. The van der Waals surface area contributed by atoms with E-state index >= 15 is 0 Å². The minimum atomic E-state index is -0.533. The number of halogens is 1. The van der Waals surface area contributed by atoms with E-state index in [4.69, 9.17) is 5.73 Å². The molecular weight excluding hydrogens is 230 g/mol. The fraction of sp³-hybridized carbons (Fsp3) is 0.800. The lowest BCUT2D eigenvalue weighted by Crippen LogP contribution is -2.49. The van der Waals surface area contributed by atoms with Crippen LogP contribution in [0.2, 0.25) is 0 Å². The zero-order chi connectivity index (χ0) is 12.1. The lowest BCUT2D eigenvalue weighted by molar-refractivity contribution is -0.125. The average Bonchev–Trinajstić information content (AvgIpc) is 2.09. The van der Waals surface area contributed by atoms with Crippen LogP contribution in [0.3, 0.4) is 0 Å². The second kappa shape index (κ2) is 7.46. The molecular formula is C10H22ClN3O2. The molecule has 0 rings (SSSR count). The number of hydrogen-bond acceptors (Lipinski definition) is 3. The quantitative estimate of drug-likeness (QED) is 0.617. The third-order valence-electron chi connectivity index (χ3n) is 2.01. The van der Waals surface area contributed by atoms with Gasteiger partial charge >= 0.3 is 0 Å². The third-order valence-corrected chi connectivity index (χ3v) is 2.01. The van der Waals surface area contributed by atoms with Crippen molar-refractivity contribution in [3.05, 3.63) is 0 Å². The van der Waals surface area contributed by atoms with Crippen LogP contribution >= 0.6 is 12.4 Å². The number of nitrogens with one attached hydrogen (secondary N) is 2. The SMILES string of the molecule is CC(=O)NCCNC(=O)[C@@H](N)C(C)(C)C.Cl. The second-order valence-corrected chi connectivity index (χ2v) is 4.62. The molecule has 2 amide bonds. The van der Waals surface area contributed by atoms with E-state index in [9.17, 15) is 9.59 Å². The summed E-state index contributed by atoms with van der Waals surface area (Å²) in [6.45, 7) is 7.99. The van der Waals surface area contributed by atoms with Crippen LogP contribution in [-0.4, -0.2) is 30.9 Å². The zero-order valence-electron chi connectivity index (χ0n) is 10.3. The summed E-state index contributed by atoms with van der Waals surface area (Å²) in [6.07, 6.45) is 0. The predicted octanol–water partition coefficient (Wildman–Crippen LogP) is 0.0339. The maximum absolute atomic E-state index is 11.5. The molecule has 0 aliphatic carbocycles. The van der Waals surface area contributed by atoms with Crippen LogP contribution in [-0.2, 0) is 9.59 Å². The standard InChI is InChI=1S/C10H21N3O2.ClH/c1-7(14)12-5-6-13-9(15)8(11)10(2,3)4;/h8H,5-6,11H2,1-4H3,(H,12,14)(H,13,15);1H/t8-;/m1./s1. The Kier molecular flexibility index (Phi) is 8.20. The van der Waals surface area contributed by atoms with Crippen molar-refractivity contribution in [3.63, 3.8) is 0 Å². The fourth-order valence-corrected chi connectivity index (χ4v) is 0.927. The van der Waals surface area contributed by atoms with Gasteiger partial charge in [-0.3, -0.25) is 9.59 Å². The molecule has 0 heterocycles. The van der Waals surface area contributed by atoms with Crippen molar-refractivity contribution in [2.75, 3.05) is 13.1 Å². The fourth-order valence-electron chi connectivity index (χ4n) is 0.927. The van der Waals surface area contributed by atoms with Crippen molar-refractivity contribution in [2.45, 2.75) is 33.7 Å². The van der Waals surface area contributed by atoms with Gasteiger partial charge in [0.1, 0.15) is 0 Å². The van der Waals surface area contributed by atoms with Gasteiger partial charge in [0, 0.05) is 20.0 Å². The second-order valence-electron chi connectivity index (χ2n) is 4.62. The number of amides is 2. The molecule has 96 valence electrons. The summed E-state index contributed by atoms with van der Waals surface area (Å²) < 4.78 is 0. The summed E-state index contributed by atoms with van der Waals surface area (Å²) in [5.74, 6) is -0.294. The molecule has 0 aliphatic heterocycles. The zero-order valence-corrected chi connectivity index (χ0v) is 11.1. The Balaban J connectivity index is 0. The van der Waals surface area contributed by atoms with Crippen LogP contribution in [0.4, 0.5) is 0 Å². The van der Waals surface area contributed by atoms with Crippen molar-refractivity contribution in [1.82, 2.24) is 10.6 Å². The van der Waals surface area contributed by atoms with E-state index < -0.39 is 6.04 Å². The molecule has 5 nitrogen and oxygen atoms in total. The van der Waals surface area contributed by atoms with Gasteiger partial charge in [-0.05, 0) is 5.41 Å². The van der Waals surface area contributed by atoms with Gasteiger partial charge in [-0.15, -0.1) is 12.4 Å². The Bertz CT molecular complexity index is 239. The van der Waals surface area contributed by atoms with Gasteiger partial charge in [0.05, 0.1) is 6.04 Å². The van der Waals surface area contributed by atoms with Crippen LogP contribution in [0.5, 0.6) is 0 Å². The highest BCUT2D eigenvalue weighted by molar-refractivity contribution is 5.85. The van der Waals surface area contributed by atoms with Crippen molar-refractivity contribution >= 4 is 24.2 Å². The highest BCUT2D eigenvalue weighted by Gasteiger charge is 2.26.